The van der Waals surface area contributed by atoms with Crippen molar-refractivity contribution in [2.45, 2.75) is 25.2 Å². The summed E-state index contributed by atoms with van der Waals surface area (Å²) < 4.78 is 5.26. The van der Waals surface area contributed by atoms with Gasteiger partial charge < -0.3 is 9.84 Å². The number of halogens is 1. The van der Waals surface area contributed by atoms with Crippen LogP contribution in [0.3, 0.4) is 0 Å². The second kappa shape index (κ2) is 8.74. The van der Waals surface area contributed by atoms with E-state index in [1.54, 1.807) is 0 Å². The number of benzene rings is 1. The number of azide groups is 1. The van der Waals surface area contributed by atoms with Crippen LogP contribution in [-0.2, 0) is 4.74 Å². The van der Waals surface area contributed by atoms with Crippen molar-refractivity contribution in [3.63, 3.8) is 0 Å². The predicted octanol–water partition coefficient (Wildman–Crippen LogP) is 3.44. The van der Waals surface area contributed by atoms with Gasteiger partial charge in [-0.1, -0.05) is 35.4 Å². The molecule has 1 aromatic rings. The van der Waals surface area contributed by atoms with Gasteiger partial charge in [-0.25, -0.2) is 4.79 Å². The molecule has 1 aromatic carbocycles. The van der Waals surface area contributed by atoms with E-state index in [4.69, 9.17) is 21.9 Å². The molecule has 1 N–H and O–H groups in total. The molecular formula is C15H19ClN4O3. The van der Waals surface area contributed by atoms with Gasteiger partial charge in [0.15, 0.2) is 6.23 Å². The quantitative estimate of drug-likeness (QED) is 0.371. The topological polar surface area (TPSA) is 98.5 Å². The average molecular weight is 339 g/mol. The highest BCUT2D eigenvalue weighted by Crippen LogP contribution is 2.29. The van der Waals surface area contributed by atoms with Crippen LogP contribution in [0.4, 0.5) is 4.79 Å². The first kappa shape index (κ1) is 17.6. The van der Waals surface area contributed by atoms with Gasteiger partial charge in [0, 0.05) is 35.2 Å². The van der Waals surface area contributed by atoms with E-state index in [-0.39, 0.29) is 12.5 Å². The van der Waals surface area contributed by atoms with E-state index < -0.39 is 17.8 Å². The molecule has 0 aliphatic carbocycles. The fourth-order valence-electron chi connectivity index (χ4n) is 2.87. The normalized spacial score (nSPS) is 18.7. The molecule has 0 bridgehead atoms. The summed E-state index contributed by atoms with van der Waals surface area (Å²) in [5, 5.41) is 13.4. The Morgan fingerprint density at radius 1 is 1.43 bits per heavy atom. The third kappa shape index (κ3) is 5.11. The smallest absolute Gasteiger partial charge is 0.405 e. The second-order valence-corrected chi connectivity index (χ2v) is 5.78. The summed E-state index contributed by atoms with van der Waals surface area (Å²) in [6, 6.07) is 9.41. The third-order valence-corrected chi connectivity index (χ3v) is 4.16. The number of carbonyl (C=O) groups is 1. The number of hydrogen-bond donors (Lipinski definition) is 1. The minimum atomic E-state index is -0.843. The van der Waals surface area contributed by atoms with Crippen molar-refractivity contribution in [2.75, 3.05) is 19.6 Å². The monoisotopic (exact) mass is 338 g/mol. The van der Waals surface area contributed by atoms with Crippen LogP contribution in [-0.4, -0.2) is 41.2 Å². The number of aliphatic hydroxyl groups is 1. The molecule has 0 amide bonds. The lowest BCUT2D eigenvalue weighted by Crippen LogP contribution is -2.41. The zero-order valence-electron chi connectivity index (χ0n) is 12.6. The molecule has 2 rings (SSSR count). The highest BCUT2D eigenvalue weighted by Gasteiger charge is 2.30. The molecule has 124 valence electrons. The Hall–Kier alpha value is -1.79. The lowest BCUT2D eigenvalue weighted by molar-refractivity contribution is -0.0359. The van der Waals surface area contributed by atoms with Crippen LogP contribution in [0.15, 0.2) is 35.4 Å². The summed E-state index contributed by atoms with van der Waals surface area (Å²) >= 11 is 5.40. The summed E-state index contributed by atoms with van der Waals surface area (Å²) in [5.41, 5.74) is 8.33. The van der Waals surface area contributed by atoms with Gasteiger partial charge in [0.05, 0.1) is 12.6 Å². The third-order valence-electron chi connectivity index (χ3n) is 4.07. The molecule has 1 saturated heterocycles. The molecule has 1 aliphatic heterocycles. The first-order valence-electron chi connectivity index (χ1n) is 7.46. The van der Waals surface area contributed by atoms with E-state index in [9.17, 15) is 9.90 Å². The summed E-state index contributed by atoms with van der Waals surface area (Å²) in [7, 11) is 0. The first-order chi connectivity index (χ1) is 11.1. The molecule has 1 heterocycles. The van der Waals surface area contributed by atoms with Crippen molar-refractivity contribution in [1.29, 1.82) is 0 Å². The molecule has 1 fully saturated rings. The predicted molar refractivity (Wildman–Crippen MR) is 85.8 cm³/mol. The Bertz CT molecular complexity index is 557. The number of ether oxygens (including phenoxy) is 1. The number of nitrogens with zero attached hydrogens (tertiary/aromatic N) is 4. The largest absolute Gasteiger partial charge is 0.430 e. The lowest BCUT2D eigenvalue weighted by atomic mass is 9.91. The van der Waals surface area contributed by atoms with E-state index in [2.05, 4.69) is 10.0 Å². The van der Waals surface area contributed by atoms with E-state index >= 15 is 0 Å². The molecule has 0 aromatic heterocycles. The zero-order chi connectivity index (χ0) is 16.7. The Kier molecular flexibility index (Phi) is 6.67. The molecule has 23 heavy (non-hydrogen) atoms. The van der Waals surface area contributed by atoms with Gasteiger partial charge in [-0.15, -0.1) is 0 Å². The maximum atomic E-state index is 11.2. The number of carbonyl (C=O) groups excluding carboxylic acids is 1. The fourth-order valence-corrected chi connectivity index (χ4v) is 2.95. The molecule has 8 heteroatoms. The number of aliphatic hydroxyl groups excluding tert-OH is 1. The first-order valence-corrected chi connectivity index (χ1v) is 7.83. The standard InChI is InChI=1S/C15H19ClN4O3/c16-15(22)23-14(12-4-2-1-3-5-12)20-8-6-11(7-9-20)13(21)10-18-19-17/h1-5,11,13-14,21H,6-10H2/t13-,14?/m1/s1. The van der Waals surface area contributed by atoms with Gasteiger partial charge in [0.25, 0.3) is 0 Å². The SMILES string of the molecule is [N-]=[N+]=NC[C@@H](O)C1CCN(C(OC(=O)Cl)c2ccccc2)CC1. The van der Waals surface area contributed by atoms with Crippen molar-refractivity contribution < 1.29 is 14.6 Å². The van der Waals surface area contributed by atoms with Gasteiger partial charge in [-0.2, -0.15) is 0 Å². The molecule has 0 radical (unpaired) electrons. The molecule has 1 unspecified atom stereocenters. The second-order valence-electron chi connectivity index (χ2n) is 5.47. The van der Waals surface area contributed by atoms with E-state index in [1.807, 2.05) is 35.2 Å². The number of likely N-dealkylation sites (tertiary alicyclic amines) is 1. The van der Waals surface area contributed by atoms with Gasteiger partial charge in [0.1, 0.15) is 0 Å². The van der Waals surface area contributed by atoms with Crippen LogP contribution in [0.2, 0.25) is 0 Å². The van der Waals surface area contributed by atoms with Gasteiger partial charge in [0.2, 0.25) is 0 Å². The Balaban J connectivity index is 2.00. The lowest BCUT2D eigenvalue weighted by Gasteiger charge is -2.37. The Morgan fingerprint density at radius 2 is 2.09 bits per heavy atom. The van der Waals surface area contributed by atoms with Crippen molar-refractivity contribution in [2.24, 2.45) is 11.0 Å². The number of hydrogen-bond acceptors (Lipinski definition) is 5. The van der Waals surface area contributed by atoms with Gasteiger partial charge in [-0.3, -0.25) is 4.90 Å². The van der Waals surface area contributed by atoms with Crippen LogP contribution in [0.25, 0.3) is 10.4 Å². The Labute approximate surface area is 139 Å². The van der Waals surface area contributed by atoms with Gasteiger partial charge in [-0.05, 0) is 24.3 Å². The van der Waals surface area contributed by atoms with E-state index in [0.29, 0.717) is 13.1 Å². The van der Waals surface area contributed by atoms with Crippen LogP contribution in [0.1, 0.15) is 24.6 Å². The molecule has 1 aliphatic rings. The number of piperidine rings is 1. The maximum Gasteiger partial charge on any atom is 0.405 e. The molecular weight excluding hydrogens is 320 g/mol. The maximum absolute atomic E-state index is 11.2. The summed E-state index contributed by atoms with van der Waals surface area (Å²) in [6.45, 7) is 1.39. The molecule has 0 saturated carbocycles. The summed E-state index contributed by atoms with van der Waals surface area (Å²) in [4.78, 5) is 15.9. The highest BCUT2D eigenvalue weighted by molar-refractivity contribution is 6.61. The van der Waals surface area contributed by atoms with Crippen LogP contribution in [0, 0.1) is 5.92 Å². The summed E-state index contributed by atoms with van der Waals surface area (Å²) in [6.07, 6.45) is 0.284. The zero-order valence-corrected chi connectivity index (χ0v) is 13.3. The molecule has 7 nitrogen and oxygen atoms in total. The van der Waals surface area contributed by atoms with Gasteiger partial charge >= 0.3 is 5.43 Å². The minimum absolute atomic E-state index is 0.0693. The van der Waals surface area contributed by atoms with E-state index in [0.717, 1.165) is 18.4 Å². The van der Waals surface area contributed by atoms with Crippen LogP contribution >= 0.6 is 11.6 Å². The van der Waals surface area contributed by atoms with Crippen molar-refractivity contribution in [3.8, 4) is 0 Å². The molecule has 0 spiro atoms. The van der Waals surface area contributed by atoms with Crippen molar-refractivity contribution >= 4 is 17.0 Å². The average Bonchev–Trinajstić information content (AvgIpc) is 2.58. The molecule has 2 atom stereocenters. The Morgan fingerprint density at radius 3 is 2.65 bits per heavy atom. The van der Waals surface area contributed by atoms with Crippen molar-refractivity contribution in [3.05, 3.63) is 46.3 Å². The van der Waals surface area contributed by atoms with Crippen LogP contribution in [0.5, 0.6) is 0 Å². The number of rotatable bonds is 6. The minimum Gasteiger partial charge on any atom is -0.430 e. The van der Waals surface area contributed by atoms with E-state index in [1.165, 1.54) is 0 Å². The summed E-state index contributed by atoms with van der Waals surface area (Å²) in [5.74, 6) is 0.0693. The highest BCUT2D eigenvalue weighted by atomic mass is 35.5. The fraction of sp³-hybridized carbons (Fsp3) is 0.533. The van der Waals surface area contributed by atoms with Crippen molar-refractivity contribution in [1.82, 2.24) is 4.90 Å². The van der Waals surface area contributed by atoms with Crippen LogP contribution < -0.4 is 0 Å².